The lowest BCUT2D eigenvalue weighted by atomic mass is 10.2. The zero-order chi connectivity index (χ0) is 14.1. The van der Waals surface area contributed by atoms with Crippen molar-refractivity contribution < 1.29 is 4.79 Å². The second-order valence-corrected chi connectivity index (χ2v) is 5.76. The van der Waals surface area contributed by atoms with Crippen LogP contribution in [0.15, 0.2) is 42.5 Å². The minimum Gasteiger partial charge on any atom is -0.342 e. The number of rotatable bonds is 2. The number of amides is 1. The van der Waals surface area contributed by atoms with Crippen LogP contribution >= 0.6 is 22.6 Å². The zero-order valence-electron chi connectivity index (χ0n) is 10.8. The average Bonchev–Trinajstić information content (AvgIpc) is 2.78. The van der Waals surface area contributed by atoms with Gasteiger partial charge < -0.3 is 10.3 Å². The molecule has 3 rings (SSSR count). The number of hydrogen-bond donors (Lipinski definition) is 2. The van der Waals surface area contributed by atoms with Gasteiger partial charge in [-0.25, -0.2) is 4.98 Å². The van der Waals surface area contributed by atoms with Crippen molar-refractivity contribution in [3.05, 3.63) is 57.4 Å². The van der Waals surface area contributed by atoms with E-state index >= 15 is 0 Å². The quantitative estimate of drug-likeness (QED) is 0.669. The van der Waals surface area contributed by atoms with E-state index in [1.165, 1.54) is 0 Å². The highest BCUT2D eigenvalue weighted by Crippen LogP contribution is 2.18. The Labute approximate surface area is 129 Å². The highest BCUT2D eigenvalue weighted by Gasteiger charge is 2.07. The number of aryl methyl sites for hydroxylation is 1. The van der Waals surface area contributed by atoms with Crippen LogP contribution in [0.5, 0.6) is 0 Å². The van der Waals surface area contributed by atoms with Crippen LogP contribution in [0.3, 0.4) is 0 Å². The third kappa shape index (κ3) is 2.67. The molecule has 1 aromatic heterocycles. The van der Waals surface area contributed by atoms with Crippen LogP contribution in [-0.4, -0.2) is 15.9 Å². The monoisotopic (exact) mass is 377 g/mol. The first-order chi connectivity index (χ1) is 9.61. The predicted octanol–water partition coefficient (Wildman–Crippen LogP) is 3.73. The number of nitrogens with one attached hydrogen (secondary N) is 2. The lowest BCUT2D eigenvalue weighted by molar-refractivity contribution is 0.102. The van der Waals surface area contributed by atoms with Gasteiger partial charge in [-0.15, -0.1) is 0 Å². The summed E-state index contributed by atoms with van der Waals surface area (Å²) in [6.07, 6.45) is 0. The van der Waals surface area contributed by atoms with Crippen molar-refractivity contribution >= 4 is 45.2 Å². The van der Waals surface area contributed by atoms with Crippen LogP contribution in [0.2, 0.25) is 0 Å². The number of carbonyl (C=O) groups is 1. The number of benzene rings is 2. The maximum atomic E-state index is 12.1. The average molecular weight is 377 g/mol. The summed E-state index contributed by atoms with van der Waals surface area (Å²) in [5.41, 5.74) is 3.22. The summed E-state index contributed by atoms with van der Waals surface area (Å²) in [6, 6.07) is 13.1. The van der Waals surface area contributed by atoms with Crippen LogP contribution in [0.25, 0.3) is 11.0 Å². The van der Waals surface area contributed by atoms with Crippen LogP contribution in [-0.2, 0) is 0 Å². The first kappa shape index (κ1) is 13.1. The molecule has 2 N–H and O–H groups in total. The van der Waals surface area contributed by atoms with Gasteiger partial charge in [-0.2, -0.15) is 0 Å². The minimum atomic E-state index is -0.114. The number of aromatic amines is 1. The molecule has 0 atom stereocenters. The first-order valence-electron chi connectivity index (χ1n) is 6.15. The zero-order valence-corrected chi connectivity index (χ0v) is 12.9. The molecule has 5 heteroatoms. The number of aromatic nitrogens is 2. The fourth-order valence-corrected chi connectivity index (χ4v) is 2.38. The highest BCUT2D eigenvalue weighted by molar-refractivity contribution is 14.1. The maximum Gasteiger partial charge on any atom is 0.255 e. The molecule has 0 aliphatic rings. The molecule has 0 saturated heterocycles. The van der Waals surface area contributed by atoms with Gasteiger partial charge >= 0.3 is 0 Å². The Morgan fingerprint density at radius 3 is 2.70 bits per heavy atom. The van der Waals surface area contributed by atoms with Gasteiger partial charge in [0.25, 0.3) is 5.91 Å². The number of halogens is 1. The van der Waals surface area contributed by atoms with Crippen molar-refractivity contribution in [2.24, 2.45) is 0 Å². The van der Waals surface area contributed by atoms with Crippen LogP contribution in [0.4, 0.5) is 5.69 Å². The Kier molecular flexibility index (Phi) is 3.43. The third-order valence-electron chi connectivity index (χ3n) is 2.96. The van der Waals surface area contributed by atoms with Gasteiger partial charge in [0.1, 0.15) is 5.82 Å². The van der Waals surface area contributed by atoms with Crippen molar-refractivity contribution in [3.8, 4) is 0 Å². The number of anilines is 1. The molecule has 0 saturated carbocycles. The van der Waals surface area contributed by atoms with Crippen molar-refractivity contribution in [1.29, 1.82) is 0 Å². The van der Waals surface area contributed by atoms with E-state index < -0.39 is 0 Å². The van der Waals surface area contributed by atoms with Crippen LogP contribution in [0.1, 0.15) is 16.2 Å². The summed E-state index contributed by atoms with van der Waals surface area (Å²) < 4.78 is 1.11. The van der Waals surface area contributed by atoms with E-state index in [1.54, 1.807) is 0 Å². The lowest BCUT2D eigenvalue weighted by Gasteiger charge is -2.05. The van der Waals surface area contributed by atoms with Gasteiger partial charge in [0.15, 0.2) is 0 Å². The largest absolute Gasteiger partial charge is 0.342 e. The third-order valence-corrected chi connectivity index (χ3v) is 3.68. The fraction of sp³-hybridized carbons (Fsp3) is 0.0667. The second-order valence-electron chi connectivity index (χ2n) is 4.52. The SMILES string of the molecule is Cc1nc2ccc(NC(=O)c3ccc(I)cc3)cc2[nH]1. The molecular weight excluding hydrogens is 365 g/mol. The molecule has 1 heterocycles. The predicted molar refractivity (Wildman–Crippen MR) is 87.9 cm³/mol. The Morgan fingerprint density at radius 2 is 1.95 bits per heavy atom. The lowest BCUT2D eigenvalue weighted by Crippen LogP contribution is -2.11. The summed E-state index contributed by atoms with van der Waals surface area (Å²) in [5.74, 6) is 0.748. The van der Waals surface area contributed by atoms with E-state index in [2.05, 4.69) is 37.9 Å². The molecule has 20 heavy (non-hydrogen) atoms. The second kappa shape index (κ2) is 5.24. The number of H-pyrrole nitrogens is 1. The van der Waals surface area contributed by atoms with Gasteiger partial charge in [0, 0.05) is 14.8 Å². The normalized spacial score (nSPS) is 10.7. The van der Waals surface area contributed by atoms with E-state index in [0.29, 0.717) is 5.56 Å². The van der Waals surface area contributed by atoms with Crippen molar-refractivity contribution in [2.45, 2.75) is 6.92 Å². The number of nitrogens with zero attached hydrogens (tertiary/aromatic N) is 1. The molecule has 1 amide bonds. The van der Waals surface area contributed by atoms with E-state index in [0.717, 1.165) is 26.1 Å². The molecule has 0 bridgehead atoms. The summed E-state index contributed by atoms with van der Waals surface area (Å²) in [5, 5.41) is 2.89. The highest BCUT2D eigenvalue weighted by atomic mass is 127. The van der Waals surface area contributed by atoms with Gasteiger partial charge in [-0.3, -0.25) is 4.79 Å². The summed E-state index contributed by atoms with van der Waals surface area (Å²) in [6.45, 7) is 1.91. The van der Waals surface area contributed by atoms with Crippen molar-refractivity contribution in [2.75, 3.05) is 5.32 Å². The Morgan fingerprint density at radius 1 is 1.20 bits per heavy atom. The smallest absolute Gasteiger partial charge is 0.255 e. The minimum absolute atomic E-state index is 0.114. The number of hydrogen-bond acceptors (Lipinski definition) is 2. The van der Waals surface area contributed by atoms with Crippen molar-refractivity contribution in [3.63, 3.8) is 0 Å². The van der Waals surface area contributed by atoms with E-state index in [9.17, 15) is 4.79 Å². The Balaban J connectivity index is 1.84. The molecule has 0 aliphatic heterocycles. The molecule has 0 fully saturated rings. The molecule has 4 nitrogen and oxygen atoms in total. The summed E-state index contributed by atoms with van der Waals surface area (Å²) >= 11 is 2.21. The summed E-state index contributed by atoms with van der Waals surface area (Å²) in [4.78, 5) is 19.6. The molecule has 0 unspecified atom stereocenters. The summed E-state index contributed by atoms with van der Waals surface area (Å²) in [7, 11) is 0. The van der Waals surface area contributed by atoms with E-state index in [1.807, 2.05) is 49.4 Å². The molecular formula is C15H12IN3O. The van der Waals surface area contributed by atoms with E-state index in [4.69, 9.17) is 0 Å². The maximum absolute atomic E-state index is 12.1. The van der Waals surface area contributed by atoms with Crippen LogP contribution in [0, 0.1) is 10.5 Å². The van der Waals surface area contributed by atoms with Gasteiger partial charge in [-0.05, 0) is 72.0 Å². The topological polar surface area (TPSA) is 57.8 Å². The van der Waals surface area contributed by atoms with Gasteiger partial charge in [0.2, 0.25) is 0 Å². The molecule has 100 valence electrons. The molecule has 0 aliphatic carbocycles. The molecule has 2 aromatic carbocycles. The molecule has 3 aromatic rings. The Hall–Kier alpha value is -1.89. The molecule has 0 radical (unpaired) electrons. The van der Waals surface area contributed by atoms with E-state index in [-0.39, 0.29) is 5.91 Å². The number of fused-ring (bicyclic) bond motifs is 1. The van der Waals surface area contributed by atoms with Crippen molar-refractivity contribution in [1.82, 2.24) is 9.97 Å². The Bertz CT molecular complexity index is 777. The van der Waals surface area contributed by atoms with Gasteiger partial charge in [-0.1, -0.05) is 0 Å². The van der Waals surface area contributed by atoms with Crippen LogP contribution < -0.4 is 5.32 Å². The fourth-order valence-electron chi connectivity index (χ4n) is 2.02. The standard InChI is InChI=1S/C15H12IN3O/c1-9-17-13-7-6-12(8-14(13)18-9)19-15(20)10-2-4-11(16)5-3-10/h2-8H,1H3,(H,17,18)(H,19,20). The van der Waals surface area contributed by atoms with Gasteiger partial charge in [0.05, 0.1) is 11.0 Å². The number of imidazole rings is 1. The number of carbonyl (C=O) groups excluding carboxylic acids is 1. The molecule has 0 spiro atoms. The first-order valence-corrected chi connectivity index (χ1v) is 7.23.